The average molecular weight is 768 g/mol. The minimum atomic E-state index is -3.05. The highest BCUT2D eigenvalue weighted by molar-refractivity contribution is 6.99. The number of imide groups is 1. The molecule has 1 fully saturated rings. The Morgan fingerprint density at radius 3 is 2.09 bits per heavy atom. The smallest absolute Gasteiger partial charge is 0.303 e. The Kier molecular flexibility index (Phi) is 14.1. The van der Waals surface area contributed by atoms with Gasteiger partial charge in [0.05, 0.1) is 31.2 Å². The van der Waals surface area contributed by atoms with Gasteiger partial charge in [-0.2, -0.15) is 0 Å². The molecule has 4 atom stereocenters. The number of aliphatic carboxylic acids is 1. The summed E-state index contributed by atoms with van der Waals surface area (Å²) in [6, 6.07) is 27.6. The minimum Gasteiger partial charge on any atom is -0.507 e. The lowest BCUT2D eigenvalue weighted by atomic mass is 9.68. The van der Waals surface area contributed by atoms with Gasteiger partial charge < -0.3 is 24.9 Å². The van der Waals surface area contributed by atoms with Crippen molar-refractivity contribution in [2.45, 2.75) is 90.2 Å². The highest BCUT2D eigenvalue weighted by Crippen LogP contribution is 2.47. The van der Waals surface area contributed by atoms with Gasteiger partial charge in [-0.25, -0.2) is 0 Å². The summed E-state index contributed by atoms with van der Waals surface area (Å²) in [5.74, 6) is -3.65. The third-order valence-corrected chi connectivity index (χ3v) is 16.5. The highest BCUT2D eigenvalue weighted by atomic mass is 28.4. The van der Waals surface area contributed by atoms with Gasteiger partial charge in [0.25, 0.3) is 8.32 Å². The van der Waals surface area contributed by atoms with Crippen LogP contribution in [0.1, 0.15) is 84.6 Å². The predicted octanol–water partition coefficient (Wildman–Crippen LogP) is 6.46. The monoisotopic (exact) mass is 767 g/mol. The molecule has 3 aromatic carbocycles. The van der Waals surface area contributed by atoms with Gasteiger partial charge in [-0.05, 0) is 71.1 Å². The number of phenols is 1. The Labute approximate surface area is 326 Å². The van der Waals surface area contributed by atoms with E-state index in [1.807, 2.05) is 61.5 Å². The van der Waals surface area contributed by atoms with E-state index in [1.165, 1.54) is 4.90 Å². The van der Waals surface area contributed by atoms with E-state index >= 15 is 0 Å². The van der Waals surface area contributed by atoms with Crippen LogP contribution < -0.4 is 10.4 Å². The SMILES string of the molecule is CC/C(=C\c1ccccc1O)CC[C@@H](O)C1=C(CO[Si](c2ccccc2)(c2ccccc2)C(C)(C)C)C[C@H]2C(=O)N(CCCCCC(=O)O)C(=O)[C@H]2[C@H]1CO. The van der Waals surface area contributed by atoms with Crippen LogP contribution in [0.4, 0.5) is 0 Å². The summed E-state index contributed by atoms with van der Waals surface area (Å²) in [6.45, 7) is 8.47. The first-order chi connectivity index (χ1) is 26.3. The fourth-order valence-electron chi connectivity index (χ4n) is 8.72. The number of aromatic hydroxyl groups is 1. The van der Waals surface area contributed by atoms with Gasteiger partial charge in [0.15, 0.2) is 0 Å². The van der Waals surface area contributed by atoms with Crippen molar-refractivity contribution in [1.29, 1.82) is 0 Å². The zero-order chi connectivity index (χ0) is 39.8. The van der Waals surface area contributed by atoms with E-state index in [2.05, 4.69) is 45.0 Å². The molecule has 55 heavy (non-hydrogen) atoms. The maximum absolute atomic E-state index is 14.1. The molecule has 0 radical (unpaired) electrons. The molecule has 0 unspecified atom stereocenters. The molecule has 2 amide bonds. The molecule has 1 aliphatic carbocycles. The summed E-state index contributed by atoms with van der Waals surface area (Å²) in [5.41, 5.74) is 3.04. The van der Waals surface area contributed by atoms with Crippen molar-refractivity contribution in [3.05, 3.63) is 107 Å². The number of phenolic OH excluding ortho intramolecular Hbond substituents is 1. The summed E-state index contributed by atoms with van der Waals surface area (Å²) < 4.78 is 7.36. The number of benzene rings is 3. The number of amides is 2. The number of carbonyl (C=O) groups is 3. The predicted molar refractivity (Wildman–Crippen MR) is 217 cm³/mol. The first kappa shape index (κ1) is 41.8. The number of para-hydroxylation sites is 1. The fourth-order valence-corrected chi connectivity index (χ4v) is 13.3. The van der Waals surface area contributed by atoms with Crippen LogP contribution in [-0.2, 0) is 18.8 Å². The molecule has 5 rings (SSSR count). The Bertz CT molecular complexity index is 1810. The molecule has 294 valence electrons. The van der Waals surface area contributed by atoms with Crippen molar-refractivity contribution >= 4 is 42.6 Å². The lowest BCUT2D eigenvalue weighted by Crippen LogP contribution is -2.66. The topological polar surface area (TPSA) is 145 Å². The van der Waals surface area contributed by atoms with Crippen LogP contribution in [0.15, 0.2) is 102 Å². The second kappa shape index (κ2) is 18.5. The minimum absolute atomic E-state index is 0.0288. The summed E-state index contributed by atoms with van der Waals surface area (Å²) in [6.07, 6.45) is 4.21. The molecule has 0 saturated carbocycles. The molecule has 0 bridgehead atoms. The second-order valence-electron chi connectivity index (χ2n) is 15.9. The van der Waals surface area contributed by atoms with E-state index < -0.39 is 44.8 Å². The molecule has 2 aliphatic rings. The van der Waals surface area contributed by atoms with Crippen LogP contribution >= 0.6 is 0 Å². The number of aliphatic hydroxyl groups is 2. The fraction of sp³-hybridized carbons (Fsp3) is 0.444. The van der Waals surface area contributed by atoms with E-state index in [4.69, 9.17) is 9.53 Å². The average Bonchev–Trinajstić information content (AvgIpc) is 3.41. The van der Waals surface area contributed by atoms with Gasteiger partial charge in [0.2, 0.25) is 11.8 Å². The first-order valence-electron chi connectivity index (χ1n) is 19.6. The Hall–Kier alpha value is -4.35. The van der Waals surface area contributed by atoms with Crippen molar-refractivity contribution in [1.82, 2.24) is 4.90 Å². The number of hydrogen-bond donors (Lipinski definition) is 4. The quantitative estimate of drug-likeness (QED) is 0.0500. The molecule has 3 aromatic rings. The Morgan fingerprint density at radius 1 is 0.909 bits per heavy atom. The van der Waals surface area contributed by atoms with Crippen LogP contribution in [-0.4, -0.2) is 77.3 Å². The molecular formula is C45H57NO8Si. The third kappa shape index (κ3) is 9.21. The number of allylic oxidation sites excluding steroid dienone is 1. The molecule has 1 aliphatic heterocycles. The Balaban J connectivity index is 1.53. The number of nitrogens with zero attached hydrogens (tertiary/aromatic N) is 1. The number of carboxylic acids is 1. The second-order valence-corrected chi connectivity index (χ2v) is 20.2. The molecular weight excluding hydrogens is 711 g/mol. The van der Waals surface area contributed by atoms with Gasteiger partial charge in [0.1, 0.15) is 5.75 Å². The van der Waals surface area contributed by atoms with Gasteiger partial charge in [-0.15, -0.1) is 0 Å². The van der Waals surface area contributed by atoms with E-state index in [1.54, 1.807) is 12.1 Å². The number of fused-ring (bicyclic) bond motifs is 1. The molecule has 1 saturated heterocycles. The van der Waals surface area contributed by atoms with E-state index in [0.29, 0.717) is 49.7 Å². The number of carbonyl (C=O) groups excluding carboxylic acids is 2. The zero-order valence-electron chi connectivity index (χ0n) is 32.6. The number of likely N-dealkylation sites (tertiary alicyclic amines) is 1. The molecule has 4 N–H and O–H groups in total. The van der Waals surface area contributed by atoms with Crippen LogP contribution in [0, 0.1) is 17.8 Å². The lowest BCUT2D eigenvalue weighted by Gasteiger charge is -2.44. The summed E-state index contributed by atoms with van der Waals surface area (Å²) in [5, 5.41) is 44.5. The number of aliphatic hydroxyl groups excluding tert-OH is 2. The molecule has 10 heteroatoms. The van der Waals surface area contributed by atoms with Crippen LogP contribution in [0.25, 0.3) is 6.08 Å². The van der Waals surface area contributed by atoms with Gasteiger partial charge in [-0.3, -0.25) is 19.3 Å². The van der Waals surface area contributed by atoms with Crippen molar-refractivity contribution in [2.24, 2.45) is 17.8 Å². The zero-order valence-corrected chi connectivity index (χ0v) is 33.6. The maximum atomic E-state index is 14.1. The van der Waals surface area contributed by atoms with Crippen molar-refractivity contribution in [3.63, 3.8) is 0 Å². The van der Waals surface area contributed by atoms with Crippen molar-refractivity contribution in [2.75, 3.05) is 19.8 Å². The maximum Gasteiger partial charge on any atom is 0.303 e. The Morgan fingerprint density at radius 2 is 1.53 bits per heavy atom. The molecule has 0 aromatic heterocycles. The highest BCUT2D eigenvalue weighted by Gasteiger charge is 2.56. The van der Waals surface area contributed by atoms with Crippen LogP contribution in [0.2, 0.25) is 5.04 Å². The number of unbranched alkanes of at least 4 members (excludes halogenated alkanes) is 2. The summed E-state index contributed by atoms with van der Waals surface area (Å²) in [7, 11) is -3.05. The third-order valence-electron chi connectivity index (χ3n) is 11.5. The van der Waals surface area contributed by atoms with Gasteiger partial charge in [0, 0.05) is 24.4 Å². The van der Waals surface area contributed by atoms with Crippen LogP contribution in [0.3, 0.4) is 0 Å². The summed E-state index contributed by atoms with van der Waals surface area (Å²) >= 11 is 0. The molecule has 9 nitrogen and oxygen atoms in total. The van der Waals surface area contributed by atoms with E-state index in [-0.39, 0.29) is 48.6 Å². The van der Waals surface area contributed by atoms with Gasteiger partial charge >= 0.3 is 5.97 Å². The van der Waals surface area contributed by atoms with Crippen molar-refractivity contribution in [3.8, 4) is 5.75 Å². The molecule has 1 heterocycles. The van der Waals surface area contributed by atoms with E-state index in [9.17, 15) is 29.7 Å². The standard InChI is InChI=1S/C45H57NO8Si/c1-5-31(27-32-17-14-15-22-38(32)48)24-25-39(49)41-33(28-36-42(37(41)29-47)44(53)46(43(36)52)26-16-8-13-23-40(50)51)30-54-55(45(2,3)4,34-18-9-6-10-19-34)35-20-11-7-12-21-35/h6-7,9-12,14-15,17-22,27,36-37,39,42,47-49H,5,8,13,16,23-26,28-30H2,1-4H3,(H,50,51)/b31-27+/t36-,37+,39-,42-/m1/s1. The molecule has 0 spiro atoms. The van der Waals surface area contributed by atoms with Gasteiger partial charge in [-0.1, -0.05) is 125 Å². The van der Waals surface area contributed by atoms with E-state index in [0.717, 1.165) is 21.5 Å². The first-order valence-corrected chi connectivity index (χ1v) is 21.5. The largest absolute Gasteiger partial charge is 0.507 e. The normalized spacial score (nSPS) is 19.9. The van der Waals surface area contributed by atoms with Crippen LogP contribution in [0.5, 0.6) is 5.75 Å². The number of hydrogen-bond acceptors (Lipinski definition) is 7. The number of rotatable bonds is 18. The summed E-state index contributed by atoms with van der Waals surface area (Å²) in [4.78, 5) is 40.4. The van der Waals surface area contributed by atoms with Crippen molar-refractivity contribution < 1.29 is 39.2 Å². The number of carboxylic acid groups (broad SMARTS) is 1. The lowest BCUT2D eigenvalue weighted by molar-refractivity contribution is -0.141.